The monoisotopic (exact) mass is 303 g/mol. The lowest BCUT2D eigenvalue weighted by molar-refractivity contribution is 0.470. The van der Waals surface area contributed by atoms with Crippen molar-refractivity contribution in [1.82, 2.24) is 5.32 Å². The first-order valence-electron chi connectivity index (χ1n) is 4.90. The summed E-state index contributed by atoms with van der Waals surface area (Å²) in [6, 6.07) is 4.03. The fourth-order valence-electron chi connectivity index (χ4n) is 1.95. The molecule has 1 atom stereocenters. The summed E-state index contributed by atoms with van der Waals surface area (Å²) >= 11 is 2.18. The van der Waals surface area contributed by atoms with E-state index in [1.54, 1.807) is 0 Å². The van der Waals surface area contributed by atoms with Gasteiger partial charge in [-0.25, -0.2) is 0 Å². The second kappa shape index (κ2) is 4.06. The third-order valence-electron chi connectivity index (χ3n) is 2.76. The van der Waals surface area contributed by atoms with Crippen molar-refractivity contribution >= 4 is 22.6 Å². The minimum Gasteiger partial charge on any atom is -0.507 e. The Hall–Kier alpha value is -0.290. The Bertz CT molecular complexity index is 351. The predicted octanol–water partition coefficient (Wildman–Crippen LogP) is 2.25. The molecule has 0 fully saturated rings. The van der Waals surface area contributed by atoms with Gasteiger partial charge >= 0.3 is 0 Å². The second-order valence-electron chi connectivity index (χ2n) is 3.86. The molecule has 1 heterocycles. The molecule has 0 unspecified atom stereocenters. The second-order valence-corrected chi connectivity index (χ2v) is 5.02. The van der Waals surface area contributed by atoms with Gasteiger partial charge in [-0.15, -0.1) is 0 Å². The van der Waals surface area contributed by atoms with Crippen LogP contribution < -0.4 is 5.32 Å². The third-order valence-corrected chi connectivity index (χ3v) is 3.63. The lowest BCUT2D eigenvalue weighted by atomic mass is 9.95. The summed E-state index contributed by atoms with van der Waals surface area (Å²) in [4.78, 5) is 0. The summed E-state index contributed by atoms with van der Waals surface area (Å²) in [6.45, 7) is 4.27. The van der Waals surface area contributed by atoms with Crippen LogP contribution in [0, 0.1) is 3.57 Å². The van der Waals surface area contributed by atoms with E-state index in [1.807, 2.05) is 6.07 Å². The highest BCUT2D eigenvalue weighted by Crippen LogP contribution is 2.29. The van der Waals surface area contributed by atoms with Crippen molar-refractivity contribution in [2.24, 2.45) is 0 Å². The van der Waals surface area contributed by atoms with E-state index in [2.05, 4.69) is 40.9 Å². The SMILES string of the molecule is C[C@@H]1CNCCc2cc(O)c(I)cc21. The van der Waals surface area contributed by atoms with Crippen molar-refractivity contribution in [1.29, 1.82) is 0 Å². The smallest absolute Gasteiger partial charge is 0.129 e. The average Bonchev–Trinajstić information content (AvgIpc) is 2.31. The van der Waals surface area contributed by atoms with E-state index in [9.17, 15) is 5.11 Å². The van der Waals surface area contributed by atoms with E-state index in [0.717, 1.165) is 23.1 Å². The zero-order chi connectivity index (χ0) is 10.1. The predicted molar refractivity (Wildman–Crippen MR) is 65.8 cm³/mol. The minimum absolute atomic E-state index is 0.415. The largest absolute Gasteiger partial charge is 0.507 e. The van der Waals surface area contributed by atoms with E-state index in [4.69, 9.17) is 0 Å². The molecule has 0 amide bonds. The van der Waals surface area contributed by atoms with E-state index in [0.29, 0.717) is 11.7 Å². The van der Waals surface area contributed by atoms with Gasteiger partial charge in [-0.2, -0.15) is 0 Å². The Morgan fingerprint density at radius 3 is 3.07 bits per heavy atom. The first-order valence-corrected chi connectivity index (χ1v) is 5.98. The Labute approximate surface area is 97.9 Å². The number of aromatic hydroxyl groups is 1. The maximum absolute atomic E-state index is 9.63. The zero-order valence-electron chi connectivity index (χ0n) is 8.18. The summed E-state index contributed by atoms with van der Waals surface area (Å²) in [5, 5.41) is 13.0. The van der Waals surface area contributed by atoms with Crippen LogP contribution in [-0.4, -0.2) is 18.2 Å². The van der Waals surface area contributed by atoms with Crippen molar-refractivity contribution in [3.63, 3.8) is 0 Å². The molecule has 1 aliphatic rings. The maximum Gasteiger partial charge on any atom is 0.129 e. The first kappa shape index (κ1) is 10.2. The van der Waals surface area contributed by atoms with E-state index in [-0.39, 0.29) is 0 Å². The van der Waals surface area contributed by atoms with Crippen LogP contribution in [0.3, 0.4) is 0 Å². The van der Waals surface area contributed by atoms with E-state index in [1.165, 1.54) is 11.1 Å². The highest BCUT2D eigenvalue weighted by Gasteiger charge is 2.16. The Morgan fingerprint density at radius 2 is 2.29 bits per heavy atom. The fourth-order valence-corrected chi connectivity index (χ4v) is 2.44. The molecule has 2 N–H and O–H groups in total. The molecule has 1 aromatic carbocycles. The minimum atomic E-state index is 0.415. The molecule has 0 spiro atoms. The number of benzene rings is 1. The Kier molecular flexibility index (Phi) is 2.97. The van der Waals surface area contributed by atoms with Crippen LogP contribution in [0.1, 0.15) is 24.0 Å². The number of nitrogens with one attached hydrogen (secondary N) is 1. The first-order chi connectivity index (χ1) is 6.68. The zero-order valence-corrected chi connectivity index (χ0v) is 10.3. The molecule has 14 heavy (non-hydrogen) atoms. The number of hydrogen-bond donors (Lipinski definition) is 2. The quantitative estimate of drug-likeness (QED) is 0.721. The molecule has 0 radical (unpaired) electrons. The molecule has 1 aliphatic heterocycles. The number of phenols is 1. The molecule has 0 saturated carbocycles. The number of halogens is 1. The van der Waals surface area contributed by atoms with Gasteiger partial charge in [0.25, 0.3) is 0 Å². The molecule has 76 valence electrons. The van der Waals surface area contributed by atoms with Gasteiger partial charge in [-0.05, 0) is 64.7 Å². The van der Waals surface area contributed by atoms with Gasteiger partial charge in [0.2, 0.25) is 0 Å². The van der Waals surface area contributed by atoms with Crippen molar-refractivity contribution in [2.75, 3.05) is 13.1 Å². The molecule has 1 aromatic rings. The van der Waals surface area contributed by atoms with Gasteiger partial charge in [0, 0.05) is 6.54 Å². The average molecular weight is 303 g/mol. The van der Waals surface area contributed by atoms with Crippen LogP contribution in [0.15, 0.2) is 12.1 Å². The van der Waals surface area contributed by atoms with Crippen LogP contribution in [0.5, 0.6) is 5.75 Å². The lowest BCUT2D eigenvalue weighted by Crippen LogP contribution is -2.18. The molecule has 0 aromatic heterocycles. The molecule has 0 bridgehead atoms. The van der Waals surface area contributed by atoms with Crippen molar-refractivity contribution in [2.45, 2.75) is 19.3 Å². The van der Waals surface area contributed by atoms with E-state index >= 15 is 0 Å². The normalized spacial score (nSPS) is 21.4. The van der Waals surface area contributed by atoms with E-state index < -0.39 is 0 Å². The van der Waals surface area contributed by atoms with Crippen molar-refractivity contribution in [3.8, 4) is 5.75 Å². The molecular weight excluding hydrogens is 289 g/mol. The van der Waals surface area contributed by atoms with Crippen LogP contribution in [-0.2, 0) is 6.42 Å². The number of rotatable bonds is 0. The third kappa shape index (κ3) is 1.88. The molecular formula is C11H14INO. The highest BCUT2D eigenvalue weighted by molar-refractivity contribution is 14.1. The van der Waals surface area contributed by atoms with Gasteiger partial charge in [-0.3, -0.25) is 0 Å². The van der Waals surface area contributed by atoms with Gasteiger partial charge in [0.15, 0.2) is 0 Å². The van der Waals surface area contributed by atoms with Gasteiger partial charge < -0.3 is 10.4 Å². The summed E-state index contributed by atoms with van der Waals surface area (Å²) in [5.74, 6) is 0.958. The topological polar surface area (TPSA) is 32.3 Å². The lowest BCUT2D eigenvalue weighted by Gasteiger charge is -2.13. The summed E-state index contributed by atoms with van der Waals surface area (Å²) in [7, 11) is 0. The molecule has 0 aliphatic carbocycles. The summed E-state index contributed by atoms with van der Waals surface area (Å²) < 4.78 is 0.954. The summed E-state index contributed by atoms with van der Waals surface area (Å²) in [6.07, 6.45) is 1.02. The van der Waals surface area contributed by atoms with Gasteiger partial charge in [-0.1, -0.05) is 6.92 Å². The van der Waals surface area contributed by atoms with Crippen LogP contribution in [0.2, 0.25) is 0 Å². The van der Waals surface area contributed by atoms with Crippen molar-refractivity contribution < 1.29 is 5.11 Å². The van der Waals surface area contributed by atoms with Crippen LogP contribution >= 0.6 is 22.6 Å². The molecule has 3 heteroatoms. The number of phenolic OH excluding ortho intramolecular Hbond substituents is 1. The highest BCUT2D eigenvalue weighted by atomic mass is 127. The summed E-state index contributed by atoms with van der Waals surface area (Å²) in [5.41, 5.74) is 2.68. The Morgan fingerprint density at radius 1 is 1.50 bits per heavy atom. The Balaban J connectivity index is 2.49. The number of hydrogen-bond acceptors (Lipinski definition) is 2. The molecule has 2 rings (SSSR count). The standard InChI is InChI=1S/C11H14INO/c1-7-6-13-3-2-8-4-11(14)10(12)5-9(7)8/h4-5,7,13-14H,2-3,6H2,1H3/t7-/m1/s1. The van der Waals surface area contributed by atoms with Crippen molar-refractivity contribution in [3.05, 3.63) is 26.8 Å². The van der Waals surface area contributed by atoms with Gasteiger partial charge in [0.1, 0.15) is 5.75 Å². The maximum atomic E-state index is 9.63. The number of fused-ring (bicyclic) bond motifs is 1. The van der Waals surface area contributed by atoms with Gasteiger partial charge in [0.05, 0.1) is 3.57 Å². The van der Waals surface area contributed by atoms with Crippen LogP contribution in [0.25, 0.3) is 0 Å². The molecule has 0 saturated heterocycles. The molecule has 2 nitrogen and oxygen atoms in total. The fraction of sp³-hybridized carbons (Fsp3) is 0.455. The van der Waals surface area contributed by atoms with Crippen LogP contribution in [0.4, 0.5) is 0 Å².